The van der Waals surface area contributed by atoms with E-state index in [2.05, 4.69) is 0 Å². The van der Waals surface area contributed by atoms with Crippen LogP contribution in [0.15, 0.2) is 18.2 Å². The average molecular weight is 359 g/mol. The zero-order valence-electron chi connectivity index (χ0n) is 14.7. The minimum absolute atomic E-state index is 0.272. The molecule has 0 atom stereocenters. The molecule has 0 bridgehead atoms. The Morgan fingerprint density at radius 3 is 2.28 bits per heavy atom. The van der Waals surface area contributed by atoms with Crippen molar-refractivity contribution in [2.75, 3.05) is 31.9 Å². The van der Waals surface area contributed by atoms with E-state index < -0.39 is 17.3 Å². The van der Waals surface area contributed by atoms with Gasteiger partial charge in [0, 0.05) is 38.4 Å². The molecule has 2 rings (SSSR count). The number of alkyl halides is 3. The zero-order chi connectivity index (χ0) is 18.8. The Balaban J connectivity index is 1.93. The minimum atomic E-state index is -4.46. The monoisotopic (exact) mass is 359 g/mol. The van der Waals surface area contributed by atoms with Gasteiger partial charge in [-0.3, -0.25) is 4.90 Å². The number of amides is 1. The molecule has 0 aliphatic carbocycles. The summed E-state index contributed by atoms with van der Waals surface area (Å²) in [6.07, 6.45) is -4.82. The quantitative estimate of drug-likeness (QED) is 0.823. The molecule has 2 N–H and O–H groups in total. The maximum Gasteiger partial charge on any atom is 0.418 e. The largest absolute Gasteiger partial charge is 0.444 e. The van der Waals surface area contributed by atoms with Crippen LogP contribution in [-0.4, -0.2) is 47.7 Å². The van der Waals surface area contributed by atoms with Gasteiger partial charge in [0.05, 0.1) is 5.56 Å². The number of carbonyl (C=O) groups is 1. The number of nitrogens with zero attached hydrogens (tertiary/aromatic N) is 2. The number of ether oxygens (including phenoxy) is 1. The van der Waals surface area contributed by atoms with Gasteiger partial charge in [-0.1, -0.05) is 6.07 Å². The number of hydrogen-bond donors (Lipinski definition) is 1. The second-order valence-corrected chi connectivity index (χ2v) is 7.16. The van der Waals surface area contributed by atoms with E-state index in [1.807, 2.05) is 4.90 Å². The molecule has 140 valence electrons. The van der Waals surface area contributed by atoms with Gasteiger partial charge in [-0.15, -0.1) is 0 Å². The van der Waals surface area contributed by atoms with E-state index in [0.29, 0.717) is 38.3 Å². The number of rotatable bonds is 2. The predicted octanol–water partition coefficient (Wildman–Crippen LogP) is 3.34. The molecule has 1 aromatic carbocycles. The third-order valence-corrected chi connectivity index (χ3v) is 3.85. The van der Waals surface area contributed by atoms with Crippen molar-refractivity contribution in [2.45, 2.75) is 39.1 Å². The third-order valence-electron chi connectivity index (χ3n) is 3.85. The van der Waals surface area contributed by atoms with E-state index in [-0.39, 0.29) is 11.8 Å². The molecule has 1 aromatic rings. The lowest BCUT2D eigenvalue weighted by molar-refractivity contribution is -0.137. The number of nitrogens with two attached hydrogens (primary N) is 1. The van der Waals surface area contributed by atoms with Crippen LogP contribution < -0.4 is 5.73 Å². The van der Waals surface area contributed by atoms with Gasteiger partial charge in [0.25, 0.3) is 0 Å². The van der Waals surface area contributed by atoms with Crippen LogP contribution in [0.3, 0.4) is 0 Å². The second kappa shape index (κ2) is 7.11. The highest BCUT2D eigenvalue weighted by Crippen LogP contribution is 2.34. The van der Waals surface area contributed by atoms with Crippen molar-refractivity contribution in [1.29, 1.82) is 0 Å². The number of anilines is 1. The minimum Gasteiger partial charge on any atom is -0.444 e. The van der Waals surface area contributed by atoms with Crippen molar-refractivity contribution in [3.8, 4) is 0 Å². The maximum absolute atomic E-state index is 12.9. The Labute approximate surface area is 145 Å². The number of carbonyl (C=O) groups excluding carboxylic acids is 1. The Hall–Kier alpha value is -1.96. The molecule has 0 radical (unpaired) electrons. The summed E-state index contributed by atoms with van der Waals surface area (Å²) in [5.74, 6) is 0. The molecule has 5 nitrogen and oxygen atoms in total. The van der Waals surface area contributed by atoms with Crippen molar-refractivity contribution in [1.82, 2.24) is 9.80 Å². The molecule has 25 heavy (non-hydrogen) atoms. The summed E-state index contributed by atoms with van der Waals surface area (Å²) in [4.78, 5) is 15.6. The van der Waals surface area contributed by atoms with Crippen molar-refractivity contribution in [3.63, 3.8) is 0 Å². The molecule has 0 spiro atoms. The van der Waals surface area contributed by atoms with E-state index in [4.69, 9.17) is 10.5 Å². The number of hydrogen-bond acceptors (Lipinski definition) is 4. The molecule has 1 saturated heterocycles. The van der Waals surface area contributed by atoms with Crippen LogP contribution in [0, 0.1) is 0 Å². The van der Waals surface area contributed by atoms with Gasteiger partial charge in [-0.05, 0) is 38.5 Å². The number of piperazine rings is 1. The second-order valence-electron chi connectivity index (χ2n) is 7.16. The van der Waals surface area contributed by atoms with Gasteiger partial charge in [-0.25, -0.2) is 4.79 Å². The van der Waals surface area contributed by atoms with E-state index >= 15 is 0 Å². The number of benzene rings is 1. The first-order valence-electron chi connectivity index (χ1n) is 8.11. The van der Waals surface area contributed by atoms with Crippen LogP contribution in [0.5, 0.6) is 0 Å². The summed E-state index contributed by atoms with van der Waals surface area (Å²) in [6, 6.07) is 3.98. The fraction of sp³-hybridized carbons (Fsp3) is 0.588. The highest BCUT2D eigenvalue weighted by molar-refractivity contribution is 5.68. The van der Waals surface area contributed by atoms with Crippen molar-refractivity contribution in [2.24, 2.45) is 0 Å². The summed E-state index contributed by atoms with van der Waals surface area (Å²) >= 11 is 0. The Morgan fingerprint density at radius 1 is 1.16 bits per heavy atom. The first-order valence-corrected chi connectivity index (χ1v) is 8.11. The Kier molecular flexibility index (Phi) is 5.51. The zero-order valence-corrected chi connectivity index (χ0v) is 14.7. The molecule has 1 heterocycles. The third kappa shape index (κ3) is 5.52. The van der Waals surface area contributed by atoms with Crippen LogP contribution >= 0.6 is 0 Å². The van der Waals surface area contributed by atoms with Gasteiger partial charge >= 0.3 is 12.3 Å². The summed E-state index contributed by atoms with van der Waals surface area (Å²) in [7, 11) is 0. The first-order chi connectivity index (χ1) is 11.5. The molecule has 1 aliphatic rings. The number of nitrogen functional groups attached to an aromatic ring is 1. The lowest BCUT2D eigenvalue weighted by Gasteiger charge is -2.35. The average Bonchev–Trinajstić information content (AvgIpc) is 2.47. The fourth-order valence-electron chi connectivity index (χ4n) is 2.62. The van der Waals surface area contributed by atoms with Crippen LogP contribution in [0.25, 0.3) is 0 Å². The lowest BCUT2D eigenvalue weighted by atomic mass is 10.1. The van der Waals surface area contributed by atoms with Crippen LogP contribution in [0.1, 0.15) is 31.9 Å². The molecule has 0 aromatic heterocycles. The highest BCUT2D eigenvalue weighted by Gasteiger charge is 2.33. The lowest BCUT2D eigenvalue weighted by Crippen LogP contribution is -2.49. The van der Waals surface area contributed by atoms with Gasteiger partial charge in [0.1, 0.15) is 5.60 Å². The normalized spacial score (nSPS) is 16.8. The van der Waals surface area contributed by atoms with Crippen LogP contribution in [0.2, 0.25) is 0 Å². The van der Waals surface area contributed by atoms with Crippen LogP contribution in [-0.2, 0) is 17.5 Å². The fourth-order valence-corrected chi connectivity index (χ4v) is 2.62. The first kappa shape index (κ1) is 19.4. The Bertz CT molecular complexity index is 619. The van der Waals surface area contributed by atoms with E-state index in [9.17, 15) is 18.0 Å². The molecular formula is C17H24F3N3O2. The van der Waals surface area contributed by atoms with Crippen molar-refractivity contribution < 1.29 is 22.7 Å². The van der Waals surface area contributed by atoms with Gasteiger partial charge in [0.15, 0.2) is 0 Å². The van der Waals surface area contributed by atoms with Crippen molar-refractivity contribution >= 4 is 11.8 Å². The topological polar surface area (TPSA) is 58.8 Å². The van der Waals surface area contributed by atoms with E-state index in [0.717, 1.165) is 6.07 Å². The Morgan fingerprint density at radius 2 is 1.76 bits per heavy atom. The highest BCUT2D eigenvalue weighted by atomic mass is 19.4. The standard InChI is InChI=1S/C17H24F3N3O2/c1-16(2,3)25-15(24)23-8-6-22(7-9-23)11-12-4-5-14(21)13(10-12)17(18,19)20/h4-5,10H,6-9,11,21H2,1-3H3. The maximum atomic E-state index is 12.9. The van der Waals surface area contributed by atoms with Crippen molar-refractivity contribution in [3.05, 3.63) is 29.3 Å². The smallest absolute Gasteiger partial charge is 0.418 e. The van der Waals surface area contributed by atoms with Crippen LogP contribution in [0.4, 0.5) is 23.7 Å². The molecule has 1 amide bonds. The van der Waals surface area contributed by atoms with E-state index in [1.54, 1.807) is 31.7 Å². The SMILES string of the molecule is CC(C)(C)OC(=O)N1CCN(Cc2ccc(N)c(C(F)(F)F)c2)CC1. The number of halogens is 3. The molecule has 0 unspecified atom stereocenters. The molecular weight excluding hydrogens is 335 g/mol. The van der Waals surface area contributed by atoms with Gasteiger partial charge in [0.2, 0.25) is 0 Å². The van der Waals surface area contributed by atoms with Gasteiger partial charge in [-0.2, -0.15) is 13.2 Å². The summed E-state index contributed by atoms with van der Waals surface area (Å²) < 4.78 is 44.1. The molecule has 0 saturated carbocycles. The molecule has 8 heteroatoms. The predicted molar refractivity (Wildman–Crippen MR) is 88.9 cm³/mol. The van der Waals surface area contributed by atoms with E-state index in [1.165, 1.54) is 6.07 Å². The molecule has 1 aliphatic heterocycles. The summed E-state index contributed by atoms with van der Waals surface area (Å²) in [5.41, 5.74) is 4.34. The summed E-state index contributed by atoms with van der Waals surface area (Å²) in [5, 5.41) is 0. The molecule has 1 fully saturated rings. The van der Waals surface area contributed by atoms with Gasteiger partial charge < -0.3 is 15.4 Å². The summed E-state index contributed by atoms with van der Waals surface area (Å²) in [6.45, 7) is 7.91.